The number of hydrogen-bond acceptors (Lipinski definition) is 10. The van der Waals surface area contributed by atoms with E-state index < -0.39 is 67.4 Å². The molecule has 8 unspecified atom stereocenters. The number of unbranched alkanes of at least 4 members (excludes halogenated alkanes) is 31. The summed E-state index contributed by atoms with van der Waals surface area (Å²) in [6.45, 7) is 5.76. The van der Waals surface area contributed by atoms with Gasteiger partial charge in [0.2, 0.25) is 5.91 Å². The van der Waals surface area contributed by atoms with Crippen LogP contribution in [0.2, 0.25) is 0 Å². The molecule has 76 heavy (non-hydrogen) atoms. The number of aliphatic hydroxyl groups is 5. The summed E-state index contributed by atoms with van der Waals surface area (Å²) in [6, 6.07) is -1.03. The van der Waals surface area contributed by atoms with Gasteiger partial charge in [-0.1, -0.05) is 261 Å². The van der Waals surface area contributed by atoms with Gasteiger partial charge in [0.25, 0.3) is 0 Å². The van der Waals surface area contributed by atoms with Gasteiger partial charge in [-0.2, -0.15) is 0 Å². The smallest absolute Gasteiger partial charge is 0.306 e. The molecule has 0 aromatic rings. The van der Waals surface area contributed by atoms with Crippen molar-refractivity contribution in [2.45, 2.75) is 327 Å². The number of carbonyl (C=O) groups excluding carboxylic acids is 2. The summed E-state index contributed by atoms with van der Waals surface area (Å²) in [5, 5.41) is 57.0. The van der Waals surface area contributed by atoms with Crippen molar-refractivity contribution in [1.29, 1.82) is 0 Å². The number of aliphatic hydroxyl groups excluding tert-OH is 5. The fourth-order valence-corrected chi connectivity index (χ4v) is 9.64. The van der Waals surface area contributed by atoms with E-state index in [4.69, 9.17) is 14.2 Å². The van der Waals surface area contributed by atoms with Gasteiger partial charge in [0.05, 0.1) is 25.4 Å². The molecule has 8 atom stereocenters. The normalized spacial score (nSPS) is 19.5. The lowest BCUT2D eigenvalue weighted by molar-refractivity contribution is -0.305. The summed E-state index contributed by atoms with van der Waals surface area (Å²) in [5.41, 5.74) is 0. The molecule has 0 aromatic heterocycles. The Labute approximate surface area is 465 Å². The van der Waals surface area contributed by atoms with Gasteiger partial charge in [0.15, 0.2) is 12.4 Å². The van der Waals surface area contributed by atoms with E-state index in [1.54, 1.807) is 6.08 Å². The molecular formula is C65H117NO10. The van der Waals surface area contributed by atoms with E-state index in [0.717, 1.165) is 89.9 Å². The lowest BCUT2D eigenvalue weighted by Crippen LogP contribution is -2.61. The monoisotopic (exact) mass is 1070 g/mol. The minimum Gasteiger partial charge on any atom is -0.454 e. The van der Waals surface area contributed by atoms with E-state index in [1.807, 2.05) is 6.08 Å². The van der Waals surface area contributed by atoms with Crippen LogP contribution in [0.15, 0.2) is 60.8 Å². The van der Waals surface area contributed by atoms with Crippen molar-refractivity contribution in [2.24, 2.45) is 0 Å². The van der Waals surface area contributed by atoms with Crippen LogP contribution in [0.1, 0.15) is 278 Å². The van der Waals surface area contributed by atoms with Crippen LogP contribution in [0.3, 0.4) is 0 Å². The molecular weight excluding hydrogens is 955 g/mol. The second-order valence-corrected chi connectivity index (χ2v) is 21.8. The fraction of sp³-hybridized carbons (Fsp3) is 0.815. The van der Waals surface area contributed by atoms with E-state index in [1.165, 1.54) is 141 Å². The highest BCUT2D eigenvalue weighted by Gasteiger charge is 2.47. The average Bonchev–Trinajstić information content (AvgIpc) is 3.42. The highest BCUT2D eigenvalue weighted by Crippen LogP contribution is 2.26. The first-order valence-corrected chi connectivity index (χ1v) is 31.6. The molecule has 1 aliphatic heterocycles. The first-order valence-electron chi connectivity index (χ1n) is 31.6. The first-order chi connectivity index (χ1) is 37.2. The van der Waals surface area contributed by atoms with Gasteiger partial charge in [-0.05, 0) is 70.6 Å². The maximum atomic E-state index is 13.4. The van der Waals surface area contributed by atoms with Crippen LogP contribution in [-0.2, 0) is 23.8 Å². The van der Waals surface area contributed by atoms with Gasteiger partial charge in [0.1, 0.15) is 24.4 Å². The molecule has 11 nitrogen and oxygen atoms in total. The van der Waals surface area contributed by atoms with Crippen LogP contribution in [0, 0.1) is 0 Å². The number of hydrogen-bond donors (Lipinski definition) is 6. The Morgan fingerprint density at radius 1 is 0.513 bits per heavy atom. The number of ether oxygens (including phenoxy) is 3. The molecule has 0 saturated carbocycles. The van der Waals surface area contributed by atoms with Crippen molar-refractivity contribution in [1.82, 2.24) is 5.32 Å². The fourth-order valence-electron chi connectivity index (χ4n) is 9.64. The molecule has 1 rings (SSSR count). The van der Waals surface area contributed by atoms with E-state index in [0.29, 0.717) is 19.3 Å². The third kappa shape index (κ3) is 40.5. The quantitative estimate of drug-likeness (QED) is 0.0195. The van der Waals surface area contributed by atoms with Gasteiger partial charge in [-0.25, -0.2) is 0 Å². The summed E-state index contributed by atoms with van der Waals surface area (Å²) in [4.78, 5) is 26.5. The standard InChI is InChI=1S/C65H117NO10/c1-4-7-10-13-16-19-22-25-27-28-29-30-31-32-33-35-38-41-44-47-50-53-60(70)76-63-62(72)61(71)59(54-67)75-65(63)74-55-56(57(68)51-48-45-42-39-36-24-21-18-15-12-9-6-3)66-64(73)58(69)52-49-46-43-40-37-34-26-23-20-17-14-11-8-5-2/h16,19,25,27,29-30,32-33,48,51,56-59,61-63,65,67-69,71-72H,4-15,17-18,20-24,26,28,31,34-47,49-50,52-55H2,1-3H3,(H,66,73)/b19-16-,27-25-,30-29-,33-32-,51-48+. The lowest BCUT2D eigenvalue weighted by Gasteiger charge is -2.41. The molecule has 1 fully saturated rings. The molecule has 0 radical (unpaired) electrons. The topological polar surface area (TPSA) is 175 Å². The van der Waals surface area contributed by atoms with Crippen molar-refractivity contribution >= 4 is 11.9 Å². The lowest BCUT2D eigenvalue weighted by atomic mass is 9.99. The maximum absolute atomic E-state index is 13.4. The van der Waals surface area contributed by atoms with E-state index in [9.17, 15) is 35.1 Å². The molecule has 0 spiro atoms. The number of rotatable bonds is 53. The minimum atomic E-state index is -1.62. The Hall–Kier alpha value is -2.64. The SMILES string of the molecule is CCCCC/C=C\C/C=C\C/C=C\C/C=C\CCCCCCCC(=O)OC1C(OCC(NC(=O)C(O)CCCCCCCCCCCCCCCC)C(O)/C=C/CCCCCCCCCCCC)OC(CO)C(O)C1O. The Bertz CT molecular complexity index is 1460. The van der Waals surface area contributed by atoms with Gasteiger partial charge in [0, 0.05) is 6.42 Å². The Morgan fingerprint density at radius 2 is 0.908 bits per heavy atom. The van der Waals surface area contributed by atoms with Gasteiger partial charge >= 0.3 is 5.97 Å². The summed E-state index contributed by atoms with van der Waals surface area (Å²) >= 11 is 0. The van der Waals surface area contributed by atoms with Crippen LogP contribution in [0.4, 0.5) is 0 Å². The zero-order chi connectivity index (χ0) is 55.4. The van der Waals surface area contributed by atoms with Gasteiger partial charge in [-0.3, -0.25) is 9.59 Å². The minimum absolute atomic E-state index is 0.102. The van der Waals surface area contributed by atoms with Crippen LogP contribution in [0.5, 0.6) is 0 Å². The summed E-state index contributed by atoms with van der Waals surface area (Å²) in [7, 11) is 0. The predicted molar refractivity (Wildman–Crippen MR) is 315 cm³/mol. The summed E-state index contributed by atoms with van der Waals surface area (Å²) in [6.07, 6.45) is 55.4. The Balaban J connectivity index is 2.67. The zero-order valence-electron chi connectivity index (χ0n) is 48.9. The molecule has 442 valence electrons. The first kappa shape index (κ1) is 71.4. The number of nitrogens with one attached hydrogen (secondary N) is 1. The van der Waals surface area contributed by atoms with E-state index >= 15 is 0 Å². The van der Waals surface area contributed by atoms with Gasteiger partial charge in [-0.15, -0.1) is 0 Å². The van der Waals surface area contributed by atoms with Crippen LogP contribution >= 0.6 is 0 Å². The molecule has 6 N–H and O–H groups in total. The highest BCUT2D eigenvalue weighted by atomic mass is 16.7. The van der Waals surface area contributed by atoms with E-state index in [2.05, 4.69) is 74.7 Å². The molecule has 0 bridgehead atoms. The number of amides is 1. The van der Waals surface area contributed by atoms with Crippen LogP contribution in [-0.4, -0.2) is 99.6 Å². The molecule has 1 aliphatic rings. The molecule has 0 aliphatic carbocycles. The van der Waals surface area contributed by atoms with Crippen LogP contribution in [0.25, 0.3) is 0 Å². The Morgan fingerprint density at radius 3 is 1.38 bits per heavy atom. The summed E-state index contributed by atoms with van der Waals surface area (Å²) < 4.78 is 17.6. The molecule has 1 heterocycles. The van der Waals surface area contributed by atoms with Crippen molar-refractivity contribution in [3.8, 4) is 0 Å². The van der Waals surface area contributed by atoms with Crippen molar-refractivity contribution < 1.29 is 49.3 Å². The highest BCUT2D eigenvalue weighted by molar-refractivity contribution is 5.80. The van der Waals surface area contributed by atoms with Crippen molar-refractivity contribution in [2.75, 3.05) is 13.2 Å². The predicted octanol–water partition coefficient (Wildman–Crippen LogP) is 15.0. The molecule has 1 saturated heterocycles. The number of carbonyl (C=O) groups is 2. The maximum Gasteiger partial charge on any atom is 0.306 e. The summed E-state index contributed by atoms with van der Waals surface area (Å²) in [5.74, 6) is -1.21. The third-order valence-corrected chi connectivity index (χ3v) is 14.7. The largest absolute Gasteiger partial charge is 0.454 e. The number of allylic oxidation sites excluding steroid dienone is 9. The molecule has 1 amide bonds. The van der Waals surface area contributed by atoms with Gasteiger partial charge < -0.3 is 45.1 Å². The second-order valence-electron chi connectivity index (χ2n) is 21.8. The second kappa shape index (κ2) is 53.0. The zero-order valence-corrected chi connectivity index (χ0v) is 48.9. The van der Waals surface area contributed by atoms with E-state index in [-0.39, 0.29) is 13.0 Å². The molecule has 0 aromatic carbocycles. The molecule has 11 heteroatoms. The third-order valence-electron chi connectivity index (χ3n) is 14.7. The van der Waals surface area contributed by atoms with Crippen molar-refractivity contribution in [3.05, 3.63) is 60.8 Å². The van der Waals surface area contributed by atoms with Crippen molar-refractivity contribution in [3.63, 3.8) is 0 Å². The van der Waals surface area contributed by atoms with Crippen LogP contribution < -0.4 is 5.32 Å². The Kier molecular flexibility index (Phi) is 49.8. The average molecular weight is 1070 g/mol. The number of esters is 1.